The lowest BCUT2D eigenvalue weighted by molar-refractivity contribution is -0.133. The number of rotatable bonds is 5. The summed E-state index contributed by atoms with van der Waals surface area (Å²) < 4.78 is 2.53. The third kappa shape index (κ3) is 7.80. The van der Waals surface area contributed by atoms with Crippen LogP contribution in [-0.2, 0) is 9.59 Å². The zero-order valence-corrected chi connectivity index (χ0v) is 6.74. The number of aliphatic carboxylic acids is 1. The van der Waals surface area contributed by atoms with Crippen molar-refractivity contribution in [2.75, 3.05) is 12.3 Å². The third-order valence-electron chi connectivity index (χ3n) is 0.521. The molecule has 0 aliphatic rings. The topological polar surface area (TPSA) is 66.4 Å². The average molecular weight is 181 g/mol. The molecule has 0 fully saturated rings. The highest BCUT2D eigenvalue weighted by Gasteiger charge is 1.97. The van der Waals surface area contributed by atoms with Crippen molar-refractivity contribution in [2.45, 2.75) is 0 Å². The minimum Gasteiger partial charge on any atom is -0.481 e. The molecule has 58 valence electrons. The summed E-state index contributed by atoms with van der Waals surface area (Å²) in [5.74, 6) is -0.967. The van der Waals surface area contributed by atoms with Gasteiger partial charge in [0.25, 0.3) is 0 Å². The van der Waals surface area contributed by atoms with Gasteiger partial charge in [0.05, 0.1) is 6.54 Å². The highest BCUT2D eigenvalue weighted by Crippen LogP contribution is 1.91. The zero-order valence-electron chi connectivity index (χ0n) is 5.03. The molecule has 0 spiro atoms. The van der Waals surface area contributed by atoms with Crippen LogP contribution in [0.25, 0.3) is 0 Å². The average Bonchev–Trinajstić information content (AvgIpc) is 1.79. The summed E-state index contributed by atoms with van der Waals surface area (Å²) in [4.78, 5) is 20.0. The van der Waals surface area contributed by atoms with E-state index in [4.69, 9.17) is 5.11 Å². The summed E-state index contributed by atoms with van der Waals surface area (Å²) in [7, 11) is 0. The number of hydrogen-bond acceptors (Lipinski definition) is 4. The summed E-state index contributed by atoms with van der Waals surface area (Å²) in [6.07, 6.45) is 0. The Labute approximate surface area is 67.9 Å². The Morgan fingerprint density at radius 2 is 2.20 bits per heavy atom. The molecule has 0 aromatic heterocycles. The van der Waals surface area contributed by atoms with E-state index in [0.717, 1.165) is 11.9 Å². The van der Waals surface area contributed by atoms with Gasteiger partial charge in [-0.2, -0.15) is 0 Å². The number of carboxylic acids is 1. The van der Waals surface area contributed by atoms with Crippen LogP contribution < -0.4 is 4.72 Å². The van der Waals surface area contributed by atoms with Gasteiger partial charge in [0.2, 0.25) is 5.12 Å². The molecule has 0 radical (unpaired) electrons. The van der Waals surface area contributed by atoms with E-state index in [0.29, 0.717) is 0 Å². The summed E-state index contributed by atoms with van der Waals surface area (Å²) in [5.41, 5.74) is 0. The van der Waals surface area contributed by atoms with Gasteiger partial charge in [-0.15, -0.1) is 12.6 Å². The monoisotopic (exact) mass is 181 g/mol. The van der Waals surface area contributed by atoms with Crippen molar-refractivity contribution in [3.63, 3.8) is 0 Å². The van der Waals surface area contributed by atoms with Crippen molar-refractivity contribution in [3.8, 4) is 0 Å². The van der Waals surface area contributed by atoms with Crippen molar-refractivity contribution >= 4 is 35.7 Å². The van der Waals surface area contributed by atoms with E-state index in [9.17, 15) is 9.59 Å². The number of carbonyl (C=O) groups excluding carboxylic acids is 1. The lowest BCUT2D eigenvalue weighted by Gasteiger charge is -1.95. The second kappa shape index (κ2) is 5.57. The molecule has 0 aliphatic carbocycles. The Morgan fingerprint density at radius 1 is 1.60 bits per heavy atom. The maximum absolute atomic E-state index is 10.1. The molecule has 0 heterocycles. The predicted octanol–water partition coefficient (Wildman–Crippen LogP) is -0.235. The molecule has 0 aliphatic heterocycles. The number of carboxylic acid groups (broad SMARTS) is 1. The largest absolute Gasteiger partial charge is 0.481 e. The van der Waals surface area contributed by atoms with Crippen LogP contribution in [-0.4, -0.2) is 28.5 Å². The fraction of sp³-hybridized carbons (Fsp3) is 0.500. The zero-order chi connectivity index (χ0) is 7.98. The maximum Gasteiger partial charge on any atom is 0.314 e. The summed E-state index contributed by atoms with van der Waals surface area (Å²) in [6.45, 7) is 0.0844. The van der Waals surface area contributed by atoms with Gasteiger partial charge < -0.3 is 5.11 Å². The van der Waals surface area contributed by atoms with Crippen LogP contribution in [0.3, 0.4) is 0 Å². The van der Waals surface area contributed by atoms with Crippen LogP contribution in [0.4, 0.5) is 0 Å². The van der Waals surface area contributed by atoms with E-state index in [2.05, 4.69) is 17.4 Å². The minimum atomic E-state index is -0.913. The molecule has 0 amide bonds. The molecule has 0 saturated carbocycles. The number of carbonyl (C=O) groups is 2. The van der Waals surface area contributed by atoms with Crippen LogP contribution >= 0.6 is 24.6 Å². The van der Waals surface area contributed by atoms with Crippen LogP contribution in [0.5, 0.6) is 0 Å². The third-order valence-corrected chi connectivity index (χ3v) is 1.42. The highest BCUT2D eigenvalue weighted by atomic mass is 32.2. The van der Waals surface area contributed by atoms with E-state index < -0.39 is 5.97 Å². The van der Waals surface area contributed by atoms with Gasteiger partial charge in [0, 0.05) is 0 Å². The van der Waals surface area contributed by atoms with E-state index in [-0.39, 0.29) is 17.4 Å². The first-order chi connectivity index (χ1) is 4.63. The van der Waals surface area contributed by atoms with Gasteiger partial charge in [-0.3, -0.25) is 14.3 Å². The Hall–Kier alpha value is -0.200. The smallest absolute Gasteiger partial charge is 0.314 e. The van der Waals surface area contributed by atoms with Crippen LogP contribution in [0.1, 0.15) is 0 Å². The highest BCUT2D eigenvalue weighted by molar-refractivity contribution is 7.98. The molecule has 0 aromatic carbocycles. The van der Waals surface area contributed by atoms with E-state index in [1.807, 2.05) is 0 Å². The second-order valence-corrected chi connectivity index (χ2v) is 2.76. The lowest BCUT2D eigenvalue weighted by Crippen LogP contribution is -2.14. The molecular weight excluding hydrogens is 174 g/mol. The molecule has 0 aromatic rings. The minimum absolute atomic E-state index is 0.0545. The summed E-state index contributed by atoms with van der Waals surface area (Å²) in [6, 6.07) is 0. The van der Waals surface area contributed by atoms with Crippen molar-refractivity contribution in [1.29, 1.82) is 0 Å². The van der Waals surface area contributed by atoms with Gasteiger partial charge in [-0.1, -0.05) is 11.9 Å². The van der Waals surface area contributed by atoms with E-state index >= 15 is 0 Å². The molecule has 4 nitrogen and oxygen atoms in total. The van der Waals surface area contributed by atoms with E-state index in [1.54, 1.807) is 0 Å². The van der Waals surface area contributed by atoms with Gasteiger partial charge in [0.1, 0.15) is 5.75 Å². The molecule has 2 N–H and O–H groups in total. The van der Waals surface area contributed by atoms with Crippen LogP contribution in [0.2, 0.25) is 0 Å². The molecule has 6 heteroatoms. The molecular formula is C4H7NO3S2. The fourth-order valence-corrected chi connectivity index (χ4v) is 0.870. The standard InChI is InChI=1S/C4H7NO3S2/c6-3(7)2-10-5-1-4(8)9/h5H,1-2H2,(H,6,7)(H,8,9). The molecule has 0 unspecified atom stereocenters. The quantitative estimate of drug-likeness (QED) is 0.310. The van der Waals surface area contributed by atoms with Gasteiger partial charge >= 0.3 is 5.97 Å². The Balaban J connectivity index is 3.06. The first-order valence-corrected chi connectivity index (χ1v) is 3.84. The molecule has 0 saturated heterocycles. The van der Waals surface area contributed by atoms with Crippen molar-refractivity contribution < 1.29 is 14.7 Å². The first kappa shape index (κ1) is 9.80. The van der Waals surface area contributed by atoms with Gasteiger partial charge in [0.15, 0.2) is 0 Å². The predicted molar refractivity (Wildman–Crippen MR) is 42.1 cm³/mol. The molecule has 10 heavy (non-hydrogen) atoms. The SMILES string of the molecule is O=C(O)CSNCC(=O)S. The first-order valence-electron chi connectivity index (χ1n) is 2.41. The van der Waals surface area contributed by atoms with E-state index in [1.165, 1.54) is 0 Å². The Bertz CT molecular complexity index is 122. The normalized spacial score (nSPS) is 9.30. The molecule has 0 atom stereocenters. The Kier molecular flexibility index (Phi) is 5.46. The molecule has 0 rings (SSSR count). The van der Waals surface area contributed by atoms with Gasteiger partial charge in [-0.25, -0.2) is 0 Å². The maximum atomic E-state index is 10.1. The van der Waals surface area contributed by atoms with Crippen LogP contribution in [0, 0.1) is 0 Å². The number of hydrogen-bond donors (Lipinski definition) is 3. The van der Waals surface area contributed by atoms with Crippen molar-refractivity contribution in [3.05, 3.63) is 0 Å². The summed E-state index contributed by atoms with van der Waals surface area (Å²) >= 11 is 4.43. The lowest BCUT2D eigenvalue weighted by atomic mass is 10.8. The summed E-state index contributed by atoms with van der Waals surface area (Å²) in [5, 5.41) is 7.81. The number of nitrogens with one attached hydrogen (secondary N) is 1. The van der Waals surface area contributed by atoms with Crippen molar-refractivity contribution in [2.24, 2.45) is 0 Å². The number of thiol groups is 1. The molecule has 0 bridgehead atoms. The fourth-order valence-electron chi connectivity index (χ4n) is 0.226. The second-order valence-electron chi connectivity index (χ2n) is 1.40. The van der Waals surface area contributed by atoms with Gasteiger partial charge in [-0.05, 0) is 0 Å². The Morgan fingerprint density at radius 3 is 2.60 bits per heavy atom. The van der Waals surface area contributed by atoms with Crippen molar-refractivity contribution in [1.82, 2.24) is 4.72 Å². The van der Waals surface area contributed by atoms with Crippen LogP contribution in [0.15, 0.2) is 0 Å².